The van der Waals surface area contributed by atoms with Crippen molar-refractivity contribution in [2.75, 3.05) is 0 Å². The molecule has 24 heavy (non-hydrogen) atoms. The summed E-state index contributed by atoms with van der Waals surface area (Å²) >= 11 is 0. The van der Waals surface area contributed by atoms with Gasteiger partial charge in [0.1, 0.15) is 5.82 Å². The fourth-order valence-electron chi connectivity index (χ4n) is 2.03. The Bertz CT molecular complexity index is 839. The third-order valence-corrected chi connectivity index (χ3v) is 3.23. The van der Waals surface area contributed by atoms with Crippen LogP contribution in [-0.2, 0) is 16.1 Å². The number of nitrogens with zero attached hydrogens (tertiary/aromatic N) is 1. The fourth-order valence-corrected chi connectivity index (χ4v) is 2.03. The molecular formula is C19H14FNO3. The summed E-state index contributed by atoms with van der Waals surface area (Å²) in [4.78, 5) is 15.8. The number of halogens is 1. The van der Waals surface area contributed by atoms with E-state index >= 15 is 0 Å². The molecule has 0 amide bonds. The van der Waals surface area contributed by atoms with E-state index in [1.807, 2.05) is 30.3 Å². The monoisotopic (exact) mass is 323 g/mol. The smallest absolute Gasteiger partial charge is 0.331 e. The molecule has 0 aliphatic carbocycles. The van der Waals surface area contributed by atoms with Gasteiger partial charge in [0.25, 0.3) is 0 Å². The molecule has 1 aromatic heterocycles. The predicted octanol–water partition coefficient (Wildman–Crippen LogP) is 4.24. The normalized spacial score (nSPS) is 10.9. The first kappa shape index (κ1) is 15.7. The van der Waals surface area contributed by atoms with Crippen LogP contribution < -0.4 is 0 Å². The van der Waals surface area contributed by atoms with Gasteiger partial charge in [-0.15, -0.1) is 0 Å². The molecule has 0 saturated heterocycles. The summed E-state index contributed by atoms with van der Waals surface area (Å²) in [5.74, 6) is 0.0764. The number of ether oxygens (including phenoxy) is 1. The van der Waals surface area contributed by atoms with Crippen LogP contribution in [-0.4, -0.2) is 11.0 Å². The molecule has 0 unspecified atom stereocenters. The van der Waals surface area contributed by atoms with Crippen LogP contribution in [0.25, 0.3) is 17.4 Å². The van der Waals surface area contributed by atoms with Crippen molar-refractivity contribution in [3.05, 3.63) is 84.1 Å². The maximum absolute atomic E-state index is 12.8. The van der Waals surface area contributed by atoms with Crippen LogP contribution >= 0.6 is 0 Å². The van der Waals surface area contributed by atoms with Crippen LogP contribution in [0.1, 0.15) is 11.5 Å². The van der Waals surface area contributed by atoms with Crippen molar-refractivity contribution < 1.29 is 18.3 Å². The largest absolute Gasteiger partial charge is 0.453 e. The van der Waals surface area contributed by atoms with Crippen LogP contribution in [0.4, 0.5) is 4.39 Å². The second-order valence-corrected chi connectivity index (χ2v) is 4.98. The molecule has 2 aromatic carbocycles. The Morgan fingerprint density at radius 1 is 1.12 bits per heavy atom. The molecule has 1 heterocycles. The van der Waals surface area contributed by atoms with Gasteiger partial charge in [0.15, 0.2) is 12.4 Å². The lowest BCUT2D eigenvalue weighted by molar-refractivity contribution is -0.139. The molecule has 3 rings (SSSR count). The zero-order valence-electron chi connectivity index (χ0n) is 12.7. The molecule has 0 atom stereocenters. The molecule has 120 valence electrons. The highest BCUT2D eigenvalue weighted by Gasteiger charge is 2.07. The summed E-state index contributed by atoms with van der Waals surface area (Å²) in [6.45, 7) is -0.0561. The maximum atomic E-state index is 12.8. The van der Waals surface area contributed by atoms with Gasteiger partial charge >= 0.3 is 5.97 Å². The average Bonchev–Trinajstić information content (AvgIpc) is 3.09. The number of hydrogen-bond acceptors (Lipinski definition) is 4. The van der Waals surface area contributed by atoms with Gasteiger partial charge in [0.2, 0.25) is 5.89 Å². The van der Waals surface area contributed by atoms with Crippen LogP contribution in [0, 0.1) is 5.82 Å². The molecule has 0 N–H and O–H groups in total. The van der Waals surface area contributed by atoms with Gasteiger partial charge in [0, 0.05) is 11.6 Å². The summed E-state index contributed by atoms with van der Waals surface area (Å²) in [5.41, 5.74) is 1.61. The van der Waals surface area contributed by atoms with Gasteiger partial charge in [-0.05, 0) is 23.8 Å². The second-order valence-electron chi connectivity index (χ2n) is 4.98. The molecule has 0 aliphatic heterocycles. The van der Waals surface area contributed by atoms with Crippen LogP contribution in [0.15, 0.2) is 71.3 Å². The quantitative estimate of drug-likeness (QED) is 0.520. The number of benzene rings is 2. The molecule has 0 bridgehead atoms. The summed E-state index contributed by atoms with van der Waals surface area (Å²) in [6.07, 6.45) is 4.41. The predicted molar refractivity (Wildman–Crippen MR) is 87.2 cm³/mol. The highest BCUT2D eigenvalue weighted by molar-refractivity contribution is 5.86. The standard InChI is InChI=1S/C19H14FNO3/c20-16-9-6-14(7-10-16)8-11-19(22)23-13-18-21-12-17(24-18)15-4-2-1-3-5-15/h1-12H,13H2/b11-8+. The number of carbonyl (C=O) groups excluding carboxylic acids is 1. The Morgan fingerprint density at radius 3 is 2.62 bits per heavy atom. The molecule has 0 fully saturated rings. The number of esters is 1. The summed E-state index contributed by atoms with van der Waals surface area (Å²) < 4.78 is 23.4. The Balaban J connectivity index is 1.55. The lowest BCUT2D eigenvalue weighted by Gasteiger charge is -1.98. The second kappa shape index (κ2) is 7.37. The lowest BCUT2D eigenvalue weighted by atomic mass is 10.2. The highest BCUT2D eigenvalue weighted by Crippen LogP contribution is 2.20. The van der Waals surface area contributed by atoms with Crippen molar-refractivity contribution in [3.63, 3.8) is 0 Å². The van der Waals surface area contributed by atoms with Crippen molar-refractivity contribution >= 4 is 12.0 Å². The molecule has 3 aromatic rings. The topological polar surface area (TPSA) is 52.3 Å². The van der Waals surface area contributed by atoms with E-state index < -0.39 is 5.97 Å². The van der Waals surface area contributed by atoms with Crippen molar-refractivity contribution in [2.24, 2.45) is 0 Å². The molecule has 0 aliphatic rings. The summed E-state index contributed by atoms with van der Waals surface area (Å²) in [7, 11) is 0. The van der Waals surface area contributed by atoms with E-state index in [0.717, 1.165) is 5.56 Å². The van der Waals surface area contributed by atoms with Gasteiger partial charge in [0.05, 0.1) is 6.20 Å². The number of aromatic nitrogens is 1. The van der Waals surface area contributed by atoms with E-state index in [0.29, 0.717) is 17.2 Å². The molecular weight excluding hydrogens is 309 g/mol. The Labute approximate surface area is 138 Å². The first-order valence-corrected chi connectivity index (χ1v) is 7.31. The van der Waals surface area contributed by atoms with Crippen molar-refractivity contribution in [3.8, 4) is 11.3 Å². The zero-order chi connectivity index (χ0) is 16.8. The first-order valence-electron chi connectivity index (χ1n) is 7.31. The molecule has 0 radical (unpaired) electrons. The van der Waals surface area contributed by atoms with E-state index in [9.17, 15) is 9.18 Å². The van der Waals surface area contributed by atoms with Gasteiger partial charge in [-0.3, -0.25) is 0 Å². The Hall–Kier alpha value is -3.21. The molecule has 4 nitrogen and oxygen atoms in total. The Morgan fingerprint density at radius 2 is 1.88 bits per heavy atom. The van der Waals surface area contributed by atoms with E-state index in [1.165, 1.54) is 18.2 Å². The third kappa shape index (κ3) is 4.16. The van der Waals surface area contributed by atoms with E-state index in [2.05, 4.69) is 4.98 Å². The van der Waals surface area contributed by atoms with E-state index in [1.54, 1.807) is 24.4 Å². The number of rotatable bonds is 5. The number of carbonyl (C=O) groups is 1. The van der Waals surface area contributed by atoms with E-state index in [4.69, 9.17) is 9.15 Å². The first-order chi connectivity index (χ1) is 11.7. The Kier molecular flexibility index (Phi) is 4.81. The molecule has 0 saturated carbocycles. The highest BCUT2D eigenvalue weighted by atomic mass is 19.1. The van der Waals surface area contributed by atoms with Crippen molar-refractivity contribution in [2.45, 2.75) is 6.61 Å². The van der Waals surface area contributed by atoms with Gasteiger partial charge < -0.3 is 9.15 Å². The van der Waals surface area contributed by atoms with Crippen LogP contribution in [0.3, 0.4) is 0 Å². The van der Waals surface area contributed by atoms with Crippen molar-refractivity contribution in [1.82, 2.24) is 4.98 Å². The molecule has 5 heteroatoms. The number of hydrogen-bond donors (Lipinski definition) is 0. The molecule has 0 spiro atoms. The number of oxazole rings is 1. The van der Waals surface area contributed by atoms with Crippen molar-refractivity contribution in [1.29, 1.82) is 0 Å². The van der Waals surface area contributed by atoms with Gasteiger partial charge in [-0.25, -0.2) is 14.2 Å². The minimum absolute atomic E-state index is 0.0561. The van der Waals surface area contributed by atoms with E-state index in [-0.39, 0.29) is 12.4 Å². The van der Waals surface area contributed by atoms with Gasteiger partial charge in [-0.2, -0.15) is 0 Å². The minimum Gasteiger partial charge on any atom is -0.453 e. The fraction of sp³-hybridized carbons (Fsp3) is 0.0526. The summed E-state index contributed by atoms with van der Waals surface area (Å²) in [6, 6.07) is 15.3. The zero-order valence-corrected chi connectivity index (χ0v) is 12.7. The SMILES string of the molecule is O=C(/C=C/c1ccc(F)cc1)OCc1ncc(-c2ccccc2)o1. The van der Waals surface area contributed by atoms with Crippen LogP contribution in [0.2, 0.25) is 0 Å². The maximum Gasteiger partial charge on any atom is 0.331 e. The summed E-state index contributed by atoms with van der Waals surface area (Å²) in [5, 5.41) is 0. The third-order valence-electron chi connectivity index (χ3n) is 3.23. The average molecular weight is 323 g/mol. The van der Waals surface area contributed by atoms with Gasteiger partial charge in [-0.1, -0.05) is 42.5 Å². The van der Waals surface area contributed by atoms with Crippen LogP contribution in [0.5, 0.6) is 0 Å². The minimum atomic E-state index is -0.529. The lowest BCUT2D eigenvalue weighted by Crippen LogP contribution is -2.00.